The fourth-order valence-electron chi connectivity index (χ4n) is 5.01. The molecule has 2 atom stereocenters. The molecule has 0 spiro atoms. The topological polar surface area (TPSA) is 75.1 Å². The van der Waals surface area contributed by atoms with E-state index < -0.39 is 0 Å². The third-order valence-electron chi connectivity index (χ3n) is 6.90. The number of benzene rings is 1. The molecule has 0 saturated carbocycles. The molecule has 1 saturated heterocycles. The molecule has 0 bridgehead atoms. The quantitative estimate of drug-likeness (QED) is 0.311. The number of nitrogens with one attached hydrogen (secondary N) is 2. The van der Waals surface area contributed by atoms with Crippen molar-refractivity contribution in [1.82, 2.24) is 24.8 Å². The lowest BCUT2D eigenvalue weighted by molar-refractivity contribution is -0.116. The molecule has 1 aliphatic rings. The van der Waals surface area contributed by atoms with Crippen molar-refractivity contribution in [2.24, 2.45) is 0 Å². The fourth-order valence-corrected chi connectivity index (χ4v) is 5.34. The Balaban J connectivity index is 1.42. The maximum atomic E-state index is 13.2. The summed E-state index contributed by atoms with van der Waals surface area (Å²) in [5.41, 5.74) is 5.96. The monoisotopic (exact) mass is 528 g/mol. The van der Waals surface area contributed by atoms with Crippen LogP contribution in [0, 0.1) is 19.7 Å². The zero-order chi connectivity index (χ0) is 26.6. The summed E-state index contributed by atoms with van der Waals surface area (Å²) in [6, 6.07) is 17.5. The van der Waals surface area contributed by atoms with Gasteiger partial charge in [0.2, 0.25) is 5.91 Å². The molecule has 0 unspecified atom stereocenters. The van der Waals surface area contributed by atoms with Gasteiger partial charge in [0.25, 0.3) is 0 Å². The van der Waals surface area contributed by atoms with Gasteiger partial charge in [0.15, 0.2) is 5.11 Å². The Morgan fingerprint density at radius 2 is 1.92 bits per heavy atom. The third kappa shape index (κ3) is 5.43. The smallest absolute Gasteiger partial charge is 0.226 e. The van der Waals surface area contributed by atoms with Gasteiger partial charge in [-0.15, -0.1) is 0 Å². The van der Waals surface area contributed by atoms with Gasteiger partial charge in [-0.3, -0.25) is 14.8 Å². The molecule has 194 valence electrons. The van der Waals surface area contributed by atoms with Crippen LogP contribution in [0.15, 0.2) is 79.3 Å². The standard InChI is InChI=1S/C29H29FN6OS/c1-19-16-24(20(2)36(19)18-21-6-5-13-31-17-21)28-27(25-7-3-4-14-32-25)34-29(38)35(28)15-12-26(37)33-23-10-8-22(30)9-11-23/h3-11,13-14,16-17,27-28H,12,15,18H2,1-2H3,(H,33,37)(H,34,38)/t27-,28-/m0/s1. The number of pyridine rings is 2. The molecule has 7 nitrogen and oxygen atoms in total. The number of carbonyl (C=O) groups is 1. The minimum Gasteiger partial charge on any atom is -0.352 e. The average molecular weight is 529 g/mol. The summed E-state index contributed by atoms with van der Waals surface area (Å²) >= 11 is 5.78. The van der Waals surface area contributed by atoms with Crippen molar-refractivity contribution in [2.75, 3.05) is 11.9 Å². The van der Waals surface area contributed by atoms with E-state index in [0.717, 1.165) is 28.2 Å². The molecule has 4 heterocycles. The number of nitrogens with zero attached hydrogens (tertiary/aromatic N) is 4. The lowest BCUT2D eigenvalue weighted by Gasteiger charge is -2.28. The molecule has 5 rings (SSSR count). The number of amides is 1. The van der Waals surface area contributed by atoms with Gasteiger partial charge >= 0.3 is 0 Å². The van der Waals surface area contributed by atoms with Crippen molar-refractivity contribution in [3.63, 3.8) is 0 Å². The van der Waals surface area contributed by atoms with Crippen LogP contribution < -0.4 is 10.6 Å². The van der Waals surface area contributed by atoms with Gasteiger partial charge in [0.05, 0.1) is 17.8 Å². The first-order chi connectivity index (χ1) is 18.4. The van der Waals surface area contributed by atoms with Crippen LogP contribution in [0.25, 0.3) is 0 Å². The number of aromatic nitrogens is 3. The molecule has 9 heteroatoms. The third-order valence-corrected chi connectivity index (χ3v) is 7.25. The predicted molar refractivity (Wildman–Crippen MR) is 149 cm³/mol. The molecule has 1 amide bonds. The molecule has 3 aromatic heterocycles. The molecular weight excluding hydrogens is 499 g/mol. The molecular formula is C29H29FN6OS. The van der Waals surface area contributed by atoms with E-state index in [9.17, 15) is 9.18 Å². The van der Waals surface area contributed by atoms with Crippen LogP contribution >= 0.6 is 12.2 Å². The largest absolute Gasteiger partial charge is 0.352 e. The first-order valence-electron chi connectivity index (χ1n) is 12.5. The Morgan fingerprint density at radius 3 is 2.63 bits per heavy atom. The summed E-state index contributed by atoms with van der Waals surface area (Å²) in [5.74, 6) is -0.512. The molecule has 4 aromatic rings. The SMILES string of the molecule is Cc1cc([C@H]2[C@H](c3ccccn3)NC(=S)N2CCC(=O)Nc2ccc(F)cc2)c(C)n1Cc1cccnc1. The maximum absolute atomic E-state index is 13.2. The lowest BCUT2D eigenvalue weighted by Crippen LogP contribution is -2.33. The van der Waals surface area contributed by atoms with Crippen LogP contribution in [0.3, 0.4) is 0 Å². The number of hydrogen-bond donors (Lipinski definition) is 2. The summed E-state index contributed by atoms with van der Waals surface area (Å²) in [7, 11) is 0. The van der Waals surface area contributed by atoms with E-state index >= 15 is 0 Å². The summed E-state index contributed by atoms with van der Waals surface area (Å²) in [4.78, 5) is 23.7. The van der Waals surface area contributed by atoms with E-state index in [2.05, 4.69) is 56.0 Å². The van der Waals surface area contributed by atoms with Crippen LogP contribution in [0.4, 0.5) is 10.1 Å². The fraction of sp³-hybridized carbons (Fsp3) is 0.241. The molecule has 38 heavy (non-hydrogen) atoms. The first kappa shape index (κ1) is 25.5. The van der Waals surface area contributed by atoms with Gasteiger partial charge in [-0.05, 0) is 85.7 Å². The molecule has 1 aromatic carbocycles. The van der Waals surface area contributed by atoms with Gasteiger partial charge < -0.3 is 20.1 Å². The molecule has 1 fully saturated rings. The highest BCUT2D eigenvalue weighted by Gasteiger charge is 2.41. The zero-order valence-corrected chi connectivity index (χ0v) is 22.1. The van der Waals surface area contributed by atoms with Gasteiger partial charge in [0, 0.05) is 55.2 Å². The number of rotatable bonds is 8. The molecule has 1 aliphatic heterocycles. The Morgan fingerprint density at radius 1 is 1.11 bits per heavy atom. The molecule has 0 radical (unpaired) electrons. The van der Waals surface area contributed by atoms with Crippen LogP contribution in [0.1, 0.15) is 46.7 Å². The van der Waals surface area contributed by atoms with E-state index in [1.165, 1.54) is 12.1 Å². The summed E-state index contributed by atoms with van der Waals surface area (Å²) in [5, 5.41) is 6.88. The van der Waals surface area contributed by atoms with E-state index in [-0.39, 0.29) is 30.2 Å². The first-order valence-corrected chi connectivity index (χ1v) is 12.9. The highest BCUT2D eigenvalue weighted by atomic mass is 32.1. The normalized spacial score (nSPS) is 16.9. The lowest BCUT2D eigenvalue weighted by atomic mass is 9.96. The summed E-state index contributed by atoms with van der Waals surface area (Å²) in [6.07, 6.45) is 5.66. The van der Waals surface area contributed by atoms with E-state index in [1.54, 1.807) is 24.5 Å². The second-order valence-electron chi connectivity index (χ2n) is 9.40. The van der Waals surface area contributed by atoms with Crippen LogP contribution in [-0.2, 0) is 11.3 Å². The highest BCUT2D eigenvalue weighted by molar-refractivity contribution is 7.80. The number of carbonyl (C=O) groups excluding carboxylic acids is 1. The Labute approximate surface area is 226 Å². The Hall–Kier alpha value is -4.11. The number of halogens is 1. The number of anilines is 1. The van der Waals surface area contributed by atoms with Gasteiger partial charge in [-0.25, -0.2) is 4.39 Å². The van der Waals surface area contributed by atoms with Crippen molar-refractivity contribution in [3.05, 3.63) is 113 Å². The van der Waals surface area contributed by atoms with Gasteiger partial charge in [0.1, 0.15) is 5.82 Å². The minimum absolute atomic E-state index is 0.148. The number of thiocarbonyl (C=S) groups is 1. The van der Waals surface area contributed by atoms with Crippen molar-refractivity contribution in [3.8, 4) is 0 Å². The Bertz CT molecular complexity index is 1420. The van der Waals surface area contributed by atoms with Gasteiger partial charge in [-0.1, -0.05) is 12.1 Å². The summed E-state index contributed by atoms with van der Waals surface area (Å²) in [6.45, 7) is 5.35. The van der Waals surface area contributed by atoms with E-state index in [1.807, 2.05) is 30.5 Å². The maximum Gasteiger partial charge on any atom is 0.226 e. The zero-order valence-electron chi connectivity index (χ0n) is 21.3. The number of hydrogen-bond acceptors (Lipinski definition) is 4. The number of aryl methyl sites for hydroxylation is 1. The minimum atomic E-state index is -0.346. The van der Waals surface area contributed by atoms with Crippen molar-refractivity contribution < 1.29 is 9.18 Å². The van der Waals surface area contributed by atoms with Crippen LogP contribution in [0.2, 0.25) is 0 Å². The van der Waals surface area contributed by atoms with Gasteiger partial charge in [-0.2, -0.15) is 0 Å². The van der Waals surface area contributed by atoms with Crippen LogP contribution in [-0.4, -0.2) is 37.0 Å². The van der Waals surface area contributed by atoms with Crippen LogP contribution in [0.5, 0.6) is 0 Å². The predicted octanol–water partition coefficient (Wildman–Crippen LogP) is 5.08. The van der Waals surface area contributed by atoms with Crippen molar-refractivity contribution in [1.29, 1.82) is 0 Å². The molecule has 2 N–H and O–H groups in total. The second-order valence-corrected chi connectivity index (χ2v) is 9.79. The van der Waals surface area contributed by atoms with E-state index in [4.69, 9.17) is 12.2 Å². The average Bonchev–Trinajstić information content (AvgIpc) is 3.40. The highest BCUT2D eigenvalue weighted by Crippen LogP contribution is 2.41. The second kappa shape index (κ2) is 11.1. The van der Waals surface area contributed by atoms with Crippen molar-refractivity contribution >= 4 is 28.9 Å². The Kier molecular flexibility index (Phi) is 7.46. The summed E-state index contributed by atoms with van der Waals surface area (Å²) < 4.78 is 15.5. The molecule has 0 aliphatic carbocycles. The van der Waals surface area contributed by atoms with Crippen molar-refractivity contribution in [2.45, 2.75) is 38.9 Å². The van der Waals surface area contributed by atoms with E-state index in [0.29, 0.717) is 23.9 Å².